The number of benzene rings is 2. The van der Waals surface area contributed by atoms with Gasteiger partial charge in [-0.1, -0.05) is 29.8 Å². The van der Waals surface area contributed by atoms with Crippen molar-refractivity contribution in [1.82, 2.24) is 0 Å². The fourth-order valence-electron chi connectivity index (χ4n) is 2.17. The van der Waals surface area contributed by atoms with Crippen LogP contribution >= 0.6 is 11.6 Å². The van der Waals surface area contributed by atoms with Crippen LogP contribution in [0.4, 0.5) is 0 Å². The third-order valence-corrected chi connectivity index (χ3v) is 3.41. The second kappa shape index (κ2) is 5.62. The smallest absolute Gasteiger partial charge is 0.336 e. The van der Waals surface area contributed by atoms with Gasteiger partial charge in [-0.25, -0.2) is 4.79 Å². The van der Waals surface area contributed by atoms with E-state index >= 15 is 0 Å². The first-order valence-corrected chi connectivity index (χ1v) is 6.91. The molecule has 0 aliphatic heterocycles. The van der Waals surface area contributed by atoms with Gasteiger partial charge < -0.3 is 9.15 Å². The van der Waals surface area contributed by atoms with Crippen LogP contribution in [-0.4, -0.2) is 0 Å². The maximum atomic E-state index is 11.6. The number of hydrogen-bond acceptors (Lipinski definition) is 3. The molecule has 0 N–H and O–H groups in total. The summed E-state index contributed by atoms with van der Waals surface area (Å²) >= 11 is 5.92. The van der Waals surface area contributed by atoms with Gasteiger partial charge in [-0.15, -0.1) is 0 Å². The zero-order valence-electron chi connectivity index (χ0n) is 11.4. The molecule has 106 valence electrons. The SMILES string of the molecule is Cc1ccc2c(COc3cccc(Cl)c3)cc(=O)oc2c1. The zero-order chi connectivity index (χ0) is 14.8. The summed E-state index contributed by atoms with van der Waals surface area (Å²) in [7, 11) is 0. The molecule has 0 atom stereocenters. The Morgan fingerprint density at radius 3 is 2.81 bits per heavy atom. The van der Waals surface area contributed by atoms with Crippen LogP contribution < -0.4 is 10.4 Å². The predicted molar refractivity (Wildman–Crippen MR) is 83.0 cm³/mol. The van der Waals surface area contributed by atoms with Crippen molar-refractivity contribution in [2.75, 3.05) is 0 Å². The minimum Gasteiger partial charge on any atom is -0.489 e. The predicted octanol–water partition coefficient (Wildman–Crippen LogP) is 4.33. The minimum absolute atomic E-state index is 0.283. The van der Waals surface area contributed by atoms with E-state index in [1.54, 1.807) is 12.1 Å². The van der Waals surface area contributed by atoms with Crippen molar-refractivity contribution < 1.29 is 9.15 Å². The van der Waals surface area contributed by atoms with Gasteiger partial charge in [0.05, 0.1) is 0 Å². The van der Waals surface area contributed by atoms with Crippen molar-refractivity contribution in [3.63, 3.8) is 0 Å². The van der Waals surface area contributed by atoms with Gasteiger partial charge in [0.15, 0.2) is 0 Å². The maximum Gasteiger partial charge on any atom is 0.336 e. The number of hydrogen-bond donors (Lipinski definition) is 0. The monoisotopic (exact) mass is 300 g/mol. The van der Waals surface area contributed by atoms with Crippen LogP contribution in [0.2, 0.25) is 5.02 Å². The van der Waals surface area contributed by atoms with Crippen molar-refractivity contribution in [3.8, 4) is 5.75 Å². The van der Waals surface area contributed by atoms with E-state index in [2.05, 4.69) is 0 Å². The molecule has 3 nitrogen and oxygen atoms in total. The molecule has 1 aromatic heterocycles. The van der Waals surface area contributed by atoms with Crippen LogP contribution in [0.3, 0.4) is 0 Å². The standard InChI is InChI=1S/C17H13ClO3/c1-11-5-6-15-12(8-17(19)21-16(15)7-11)10-20-14-4-2-3-13(18)9-14/h2-9H,10H2,1H3. The fraction of sp³-hybridized carbons (Fsp3) is 0.118. The molecule has 0 spiro atoms. The lowest BCUT2D eigenvalue weighted by Gasteiger charge is -2.09. The lowest BCUT2D eigenvalue weighted by atomic mass is 10.1. The summed E-state index contributed by atoms with van der Waals surface area (Å²) in [5.74, 6) is 0.663. The second-order valence-corrected chi connectivity index (χ2v) is 5.27. The summed E-state index contributed by atoms with van der Waals surface area (Å²) in [6.45, 7) is 2.24. The fourth-order valence-corrected chi connectivity index (χ4v) is 2.35. The molecule has 0 saturated heterocycles. The van der Waals surface area contributed by atoms with E-state index in [0.717, 1.165) is 16.5 Å². The second-order valence-electron chi connectivity index (χ2n) is 4.84. The zero-order valence-corrected chi connectivity index (χ0v) is 12.2. The Balaban J connectivity index is 1.95. The Morgan fingerprint density at radius 2 is 2.00 bits per heavy atom. The molecule has 2 aromatic carbocycles. The summed E-state index contributed by atoms with van der Waals surface area (Å²) in [6, 6.07) is 14.4. The van der Waals surface area contributed by atoms with Crippen LogP contribution in [0.5, 0.6) is 5.75 Å². The highest BCUT2D eigenvalue weighted by molar-refractivity contribution is 6.30. The van der Waals surface area contributed by atoms with E-state index in [9.17, 15) is 4.79 Å². The Kier molecular flexibility index (Phi) is 3.67. The van der Waals surface area contributed by atoms with Crippen LogP contribution in [0.25, 0.3) is 11.0 Å². The summed E-state index contributed by atoms with van der Waals surface area (Å²) in [6.07, 6.45) is 0. The average molecular weight is 301 g/mol. The average Bonchev–Trinajstić information content (AvgIpc) is 2.44. The van der Waals surface area contributed by atoms with E-state index in [1.165, 1.54) is 6.07 Å². The van der Waals surface area contributed by atoms with Crippen molar-refractivity contribution in [3.05, 3.63) is 75.1 Å². The summed E-state index contributed by atoms with van der Waals surface area (Å²) < 4.78 is 10.9. The molecule has 3 rings (SSSR count). The molecule has 0 amide bonds. The van der Waals surface area contributed by atoms with Crippen molar-refractivity contribution in [2.45, 2.75) is 13.5 Å². The van der Waals surface area contributed by atoms with E-state index in [0.29, 0.717) is 16.4 Å². The lowest BCUT2D eigenvalue weighted by Crippen LogP contribution is -2.04. The molecular formula is C17H13ClO3. The molecule has 4 heteroatoms. The Hall–Kier alpha value is -2.26. The highest BCUT2D eigenvalue weighted by Crippen LogP contribution is 2.22. The molecule has 0 unspecified atom stereocenters. The summed E-state index contributed by atoms with van der Waals surface area (Å²) in [4.78, 5) is 11.6. The maximum absolute atomic E-state index is 11.6. The quantitative estimate of drug-likeness (QED) is 0.676. The first-order valence-electron chi connectivity index (χ1n) is 6.53. The van der Waals surface area contributed by atoms with Crippen molar-refractivity contribution in [1.29, 1.82) is 0 Å². The van der Waals surface area contributed by atoms with Crippen LogP contribution in [0.15, 0.2) is 57.7 Å². The van der Waals surface area contributed by atoms with Gasteiger partial charge in [0, 0.05) is 22.0 Å². The van der Waals surface area contributed by atoms with Gasteiger partial charge in [-0.2, -0.15) is 0 Å². The van der Waals surface area contributed by atoms with E-state index in [4.69, 9.17) is 20.8 Å². The topological polar surface area (TPSA) is 39.4 Å². The van der Waals surface area contributed by atoms with E-state index in [-0.39, 0.29) is 12.2 Å². The molecule has 0 aliphatic carbocycles. The highest BCUT2D eigenvalue weighted by Gasteiger charge is 2.07. The summed E-state index contributed by atoms with van der Waals surface area (Å²) in [5.41, 5.74) is 2.03. The van der Waals surface area contributed by atoms with Crippen molar-refractivity contribution >= 4 is 22.6 Å². The molecule has 0 radical (unpaired) electrons. The van der Waals surface area contributed by atoms with Gasteiger partial charge >= 0.3 is 5.63 Å². The molecule has 0 bridgehead atoms. The normalized spacial score (nSPS) is 10.8. The number of ether oxygens (including phenoxy) is 1. The van der Waals surface area contributed by atoms with Gasteiger partial charge in [-0.05, 0) is 36.8 Å². The Morgan fingerprint density at radius 1 is 1.14 bits per heavy atom. The number of halogens is 1. The lowest BCUT2D eigenvalue weighted by molar-refractivity contribution is 0.306. The first kappa shape index (κ1) is 13.7. The largest absolute Gasteiger partial charge is 0.489 e. The molecule has 0 fully saturated rings. The van der Waals surface area contributed by atoms with Crippen molar-refractivity contribution in [2.24, 2.45) is 0 Å². The highest BCUT2D eigenvalue weighted by atomic mass is 35.5. The first-order chi connectivity index (χ1) is 10.1. The van der Waals surface area contributed by atoms with Gasteiger partial charge in [-0.3, -0.25) is 0 Å². The molecule has 0 saturated carbocycles. The third kappa shape index (κ3) is 3.09. The van der Waals surface area contributed by atoms with Crippen LogP contribution in [0, 0.1) is 6.92 Å². The molecule has 0 aliphatic rings. The number of rotatable bonds is 3. The number of aryl methyl sites for hydroxylation is 1. The molecule has 3 aromatic rings. The van der Waals surface area contributed by atoms with Crippen LogP contribution in [-0.2, 0) is 6.61 Å². The Labute approximate surface area is 126 Å². The van der Waals surface area contributed by atoms with Gasteiger partial charge in [0.25, 0.3) is 0 Å². The van der Waals surface area contributed by atoms with Crippen LogP contribution in [0.1, 0.15) is 11.1 Å². The van der Waals surface area contributed by atoms with Gasteiger partial charge in [0.1, 0.15) is 17.9 Å². The van der Waals surface area contributed by atoms with E-state index < -0.39 is 0 Å². The molecule has 1 heterocycles. The molecule has 21 heavy (non-hydrogen) atoms. The Bertz CT molecular complexity index is 852. The molecular weight excluding hydrogens is 288 g/mol. The number of fused-ring (bicyclic) bond motifs is 1. The minimum atomic E-state index is -0.377. The van der Waals surface area contributed by atoms with Gasteiger partial charge in [0.2, 0.25) is 0 Å². The summed E-state index contributed by atoms with van der Waals surface area (Å²) in [5, 5.41) is 1.49. The van der Waals surface area contributed by atoms with E-state index in [1.807, 2.05) is 37.3 Å². The third-order valence-electron chi connectivity index (χ3n) is 3.18.